The number of esters is 2. The number of ether oxygens (including phenoxy) is 2. The number of unbranched alkanes of at least 4 members (excludes halogenated alkanes) is 7. The molecular formula is C45H71O9P. The van der Waals surface area contributed by atoms with Crippen molar-refractivity contribution in [2.45, 2.75) is 148 Å². The molecule has 0 rings (SSSR count). The quantitative estimate of drug-likeness (QED) is 0.0188. The lowest BCUT2D eigenvalue weighted by atomic mass is 10.1. The summed E-state index contributed by atoms with van der Waals surface area (Å²) in [6.45, 7) is 3.23. The Kier molecular flexibility index (Phi) is 36.6. The second-order valence-electron chi connectivity index (χ2n) is 13.1. The molecule has 0 saturated carbocycles. The third-order valence-corrected chi connectivity index (χ3v) is 8.42. The zero-order chi connectivity index (χ0) is 40.5. The van der Waals surface area contributed by atoms with Gasteiger partial charge in [-0.05, 0) is 89.9 Å². The SMILES string of the molecule is CCCCC/C=C\C/C=C\C/C=C\C/C=C\CCCCCC(=O)OC[C@H](COP(=O)(O)O)OC(=O)CCC/C=C\C/C=C\C/C=C\C/C=C\C=C\[C@H](O)CC. The number of carbonyl (C=O) groups excluding carboxylic acids is 2. The molecule has 0 aliphatic carbocycles. The van der Waals surface area contributed by atoms with Crippen molar-refractivity contribution in [1.82, 2.24) is 0 Å². The van der Waals surface area contributed by atoms with E-state index < -0.39 is 32.5 Å². The van der Waals surface area contributed by atoms with E-state index in [-0.39, 0.29) is 25.6 Å². The highest BCUT2D eigenvalue weighted by molar-refractivity contribution is 7.46. The van der Waals surface area contributed by atoms with E-state index >= 15 is 0 Å². The molecule has 3 N–H and O–H groups in total. The Morgan fingerprint density at radius 1 is 0.564 bits per heavy atom. The van der Waals surface area contributed by atoms with Gasteiger partial charge < -0.3 is 24.4 Å². The van der Waals surface area contributed by atoms with Crippen molar-refractivity contribution in [3.05, 3.63) is 109 Å². The second-order valence-corrected chi connectivity index (χ2v) is 14.3. The van der Waals surface area contributed by atoms with Gasteiger partial charge in [0.25, 0.3) is 0 Å². The first-order valence-corrected chi connectivity index (χ1v) is 21.8. The van der Waals surface area contributed by atoms with Crippen LogP contribution in [-0.2, 0) is 28.2 Å². The van der Waals surface area contributed by atoms with E-state index in [4.69, 9.17) is 19.3 Å². The summed E-state index contributed by atoms with van der Waals surface area (Å²) in [5.74, 6) is -1.02. The molecule has 0 saturated heterocycles. The summed E-state index contributed by atoms with van der Waals surface area (Å²) in [6, 6.07) is 0. The Morgan fingerprint density at radius 3 is 1.55 bits per heavy atom. The number of phosphoric ester groups is 1. The molecule has 0 unspecified atom stereocenters. The summed E-state index contributed by atoms with van der Waals surface area (Å²) >= 11 is 0. The van der Waals surface area contributed by atoms with E-state index in [1.165, 1.54) is 25.7 Å². The first-order valence-electron chi connectivity index (χ1n) is 20.3. The van der Waals surface area contributed by atoms with Crippen LogP contribution in [0.5, 0.6) is 0 Å². The Labute approximate surface area is 332 Å². The smallest absolute Gasteiger partial charge is 0.462 e. The van der Waals surface area contributed by atoms with Crippen LogP contribution >= 0.6 is 7.82 Å². The molecule has 0 amide bonds. The molecule has 310 valence electrons. The number of allylic oxidation sites excluding steroid dienone is 17. The molecule has 9 nitrogen and oxygen atoms in total. The highest BCUT2D eigenvalue weighted by Gasteiger charge is 2.22. The molecule has 0 spiro atoms. The second kappa shape index (κ2) is 38.9. The number of hydrogen-bond donors (Lipinski definition) is 3. The van der Waals surface area contributed by atoms with Crippen molar-refractivity contribution in [2.24, 2.45) is 0 Å². The van der Waals surface area contributed by atoms with Gasteiger partial charge in [0.2, 0.25) is 0 Å². The standard InChI is InChI=1S/C45H71O9P/c1-3-5-6-7-8-9-10-11-12-13-14-15-16-20-23-26-29-32-35-38-44(47)52-40-43(41-53-55(49,50)51)54-45(48)39-36-33-30-27-24-21-18-17-19-22-25-28-31-34-37-42(46)4-2/h8-9,11-12,14-15,18-23,27-28,30-31,34,37,42-43,46H,3-7,10,13,16-17,24-26,29,32-33,35-36,38-41H2,1-2H3,(H2,49,50,51)/b9-8-,12-11-,15-14-,21-18-,22-19-,23-20-,30-27-,31-28-,37-34+/t42-,43-/m1/s1. The largest absolute Gasteiger partial charge is 0.469 e. The molecule has 0 aliphatic heterocycles. The zero-order valence-corrected chi connectivity index (χ0v) is 34.5. The first kappa shape index (κ1) is 51.7. The molecule has 2 atom stereocenters. The first-order chi connectivity index (χ1) is 26.7. The maximum absolute atomic E-state index is 12.4. The Bertz CT molecular complexity index is 1270. The number of carbonyl (C=O) groups is 2. The number of aliphatic hydroxyl groups excluding tert-OH is 1. The van der Waals surface area contributed by atoms with Crippen LogP contribution in [0.4, 0.5) is 0 Å². The minimum absolute atomic E-state index is 0.105. The van der Waals surface area contributed by atoms with Gasteiger partial charge in [-0.3, -0.25) is 14.1 Å². The highest BCUT2D eigenvalue weighted by Crippen LogP contribution is 2.36. The fourth-order valence-electron chi connectivity index (χ4n) is 4.75. The lowest BCUT2D eigenvalue weighted by molar-refractivity contribution is -0.161. The molecule has 0 aromatic rings. The molecule has 0 bridgehead atoms. The van der Waals surface area contributed by atoms with Crippen LogP contribution in [0.15, 0.2) is 109 Å². The molecule has 10 heteroatoms. The maximum atomic E-state index is 12.4. The molecule has 0 aromatic carbocycles. The van der Waals surface area contributed by atoms with Crippen LogP contribution in [0.2, 0.25) is 0 Å². The Morgan fingerprint density at radius 2 is 1.04 bits per heavy atom. The van der Waals surface area contributed by atoms with E-state index in [2.05, 4.69) is 84.4 Å². The highest BCUT2D eigenvalue weighted by atomic mass is 31.2. The van der Waals surface area contributed by atoms with E-state index in [0.717, 1.165) is 57.8 Å². The molecule has 0 radical (unpaired) electrons. The van der Waals surface area contributed by atoms with Crippen LogP contribution in [0.25, 0.3) is 0 Å². The Hall–Kier alpha value is -3.33. The van der Waals surface area contributed by atoms with Crippen molar-refractivity contribution in [3.8, 4) is 0 Å². The molecule has 55 heavy (non-hydrogen) atoms. The van der Waals surface area contributed by atoms with Crippen molar-refractivity contribution >= 4 is 19.8 Å². The number of hydrogen-bond acceptors (Lipinski definition) is 7. The van der Waals surface area contributed by atoms with Crippen LogP contribution in [-0.4, -0.2) is 52.3 Å². The summed E-state index contributed by atoms with van der Waals surface area (Å²) in [6.07, 6.45) is 51.9. The average Bonchev–Trinajstić information content (AvgIpc) is 3.16. The Balaban J connectivity index is 4.15. The van der Waals surface area contributed by atoms with Crippen molar-refractivity contribution in [3.63, 3.8) is 0 Å². The fourth-order valence-corrected chi connectivity index (χ4v) is 5.11. The van der Waals surface area contributed by atoms with E-state index in [0.29, 0.717) is 25.7 Å². The lowest BCUT2D eigenvalue weighted by Crippen LogP contribution is -2.29. The molecule has 0 heterocycles. The predicted octanol–water partition coefficient (Wildman–Crippen LogP) is 11.4. The van der Waals surface area contributed by atoms with E-state index in [1.807, 2.05) is 37.3 Å². The van der Waals surface area contributed by atoms with Crippen LogP contribution in [0.3, 0.4) is 0 Å². The van der Waals surface area contributed by atoms with E-state index in [1.54, 1.807) is 6.08 Å². The number of rotatable bonds is 35. The van der Waals surface area contributed by atoms with Gasteiger partial charge in [0.15, 0.2) is 6.10 Å². The summed E-state index contributed by atoms with van der Waals surface area (Å²) < 4.78 is 26.3. The van der Waals surface area contributed by atoms with Gasteiger partial charge >= 0.3 is 19.8 Å². The molecule has 0 aromatic heterocycles. The third kappa shape index (κ3) is 41.7. The fraction of sp³-hybridized carbons (Fsp3) is 0.556. The summed E-state index contributed by atoms with van der Waals surface area (Å²) in [7, 11) is -4.79. The van der Waals surface area contributed by atoms with Crippen molar-refractivity contribution < 1.29 is 43.0 Å². The number of phosphoric acid groups is 1. The van der Waals surface area contributed by atoms with Gasteiger partial charge in [0.1, 0.15) is 6.61 Å². The van der Waals surface area contributed by atoms with Gasteiger partial charge in [0.05, 0.1) is 12.7 Å². The van der Waals surface area contributed by atoms with Gasteiger partial charge in [-0.2, -0.15) is 0 Å². The zero-order valence-electron chi connectivity index (χ0n) is 33.6. The summed E-state index contributed by atoms with van der Waals surface area (Å²) in [4.78, 5) is 42.8. The monoisotopic (exact) mass is 786 g/mol. The molecular weight excluding hydrogens is 715 g/mol. The lowest BCUT2D eigenvalue weighted by Gasteiger charge is -2.18. The minimum atomic E-state index is -4.79. The topological polar surface area (TPSA) is 140 Å². The van der Waals surface area contributed by atoms with E-state index in [9.17, 15) is 19.3 Å². The van der Waals surface area contributed by atoms with Gasteiger partial charge in [-0.25, -0.2) is 4.57 Å². The predicted molar refractivity (Wildman–Crippen MR) is 226 cm³/mol. The summed E-state index contributed by atoms with van der Waals surface area (Å²) in [5, 5.41) is 9.45. The van der Waals surface area contributed by atoms with Gasteiger partial charge in [-0.15, -0.1) is 0 Å². The van der Waals surface area contributed by atoms with Gasteiger partial charge in [0, 0.05) is 12.8 Å². The maximum Gasteiger partial charge on any atom is 0.469 e. The third-order valence-electron chi connectivity index (χ3n) is 7.93. The van der Waals surface area contributed by atoms with Crippen molar-refractivity contribution in [1.29, 1.82) is 0 Å². The van der Waals surface area contributed by atoms with Crippen molar-refractivity contribution in [2.75, 3.05) is 13.2 Å². The minimum Gasteiger partial charge on any atom is -0.462 e. The van der Waals surface area contributed by atoms with Crippen LogP contribution in [0, 0.1) is 0 Å². The average molecular weight is 787 g/mol. The number of aliphatic hydroxyl groups is 1. The molecule has 0 fully saturated rings. The summed E-state index contributed by atoms with van der Waals surface area (Å²) in [5.41, 5.74) is 0. The van der Waals surface area contributed by atoms with Gasteiger partial charge in [-0.1, -0.05) is 142 Å². The van der Waals surface area contributed by atoms with Crippen LogP contribution in [0.1, 0.15) is 136 Å². The normalized spacial score (nSPS) is 14.2. The van der Waals surface area contributed by atoms with Crippen LogP contribution < -0.4 is 0 Å². The molecule has 0 aliphatic rings.